The quantitative estimate of drug-likeness (QED) is 0.905. The number of fused-ring (bicyclic) bond motifs is 1. The lowest BCUT2D eigenvalue weighted by Gasteiger charge is -2.37. The molecule has 0 unspecified atom stereocenters. The fourth-order valence-corrected chi connectivity index (χ4v) is 3.36. The van der Waals surface area contributed by atoms with Gasteiger partial charge in [0, 0.05) is 5.71 Å². The highest BCUT2D eigenvalue weighted by molar-refractivity contribution is 5.93. The molecule has 2 atom stereocenters. The summed E-state index contributed by atoms with van der Waals surface area (Å²) in [5, 5.41) is 14.5. The predicted molar refractivity (Wildman–Crippen MR) is 83.8 cm³/mol. The molecule has 1 aromatic carbocycles. The molecule has 25 heavy (non-hydrogen) atoms. The summed E-state index contributed by atoms with van der Waals surface area (Å²) in [5.41, 5.74) is -3.06. The SMILES string of the molecule is O=C(COc1ccccc1)N1N=C2CCCCC[C@@H]2[C@]1(O)C(F)(F)F. The molecular formula is C17H19F3N2O3. The van der Waals surface area contributed by atoms with Crippen LogP contribution in [0.15, 0.2) is 35.4 Å². The van der Waals surface area contributed by atoms with E-state index in [0.29, 0.717) is 25.0 Å². The highest BCUT2D eigenvalue weighted by atomic mass is 19.4. The van der Waals surface area contributed by atoms with Crippen molar-refractivity contribution in [3.05, 3.63) is 30.3 Å². The molecular weight excluding hydrogens is 337 g/mol. The highest BCUT2D eigenvalue weighted by Gasteiger charge is 2.68. The molecule has 0 aromatic heterocycles. The average molecular weight is 356 g/mol. The molecule has 1 N–H and O–H groups in total. The molecule has 1 heterocycles. The topological polar surface area (TPSA) is 62.1 Å². The van der Waals surface area contributed by atoms with Gasteiger partial charge < -0.3 is 9.84 Å². The van der Waals surface area contributed by atoms with E-state index in [-0.39, 0.29) is 17.1 Å². The van der Waals surface area contributed by atoms with Gasteiger partial charge in [0.05, 0.1) is 5.92 Å². The van der Waals surface area contributed by atoms with Gasteiger partial charge in [-0.2, -0.15) is 23.3 Å². The summed E-state index contributed by atoms with van der Waals surface area (Å²) in [6.45, 7) is -0.633. The van der Waals surface area contributed by atoms with Gasteiger partial charge in [0.1, 0.15) is 5.75 Å². The van der Waals surface area contributed by atoms with Crippen LogP contribution in [0.3, 0.4) is 0 Å². The first-order valence-corrected chi connectivity index (χ1v) is 8.21. The molecule has 1 aromatic rings. The van der Waals surface area contributed by atoms with Crippen molar-refractivity contribution in [3.63, 3.8) is 0 Å². The van der Waals surface area contributed by atoms with Crippen molar-refractivity contribution in [2.75, 3.05) is 6.61 Å². The number of carbonyl (C=O) groups excluding carboxylic acids is 1. The molecule has 5 nitrogen and oxygen atoms in total. The van der Waals surface area contributed by atoms with E-state index in [0.717, 1.165) is 6.42 Å². The number of benzene rings is 1. The van der Waals surface area contributed by atoms with Gasteiger partial charge in [-0.1, -0.05) is 31.0 Å². The minimum atomic E-state index is -5.00. The molecule has 1 aliphatic heterocycles. The Morgan fingerprint density at radius 2 is 2.00 bits per heavy atom. The Balaban J connectivity index is 1.83. The summed E-state index contributed by atoms with van der Waals surface area (Å²) in [6, 6.07) is 8.28. The van der Waals surface area contributed by atoms with E-state index in [2.05, 4.69) is 5.10 Å². The molecule has 2 aliphatic rings. The number of halogens is 3. The maximum absolute atomic E-state index is 13.7. The minimum absolute atomic E-state index is 0.151. The molecule has 0 bridgehead atoms. The Morgan fingerprint density at radius 3 is 2.68 bits per heavy atom. The van der Waals surface area contributed by atoms with Crippen LogP contribution in [-0.2, 0) is 4.79 Å². The molecule has 136 valence electrons. The normalized spacial score (nSPS) is 26.6. The number of aliphatic hydroxyl groups is 1. The molecule has 0 spiro atoms. The second-order valence-corrected chi connectivity index (χ2v) is 6.27. The van der Waals surface area contributed by atoms with Crippen molar-refractivity contribution >= 4 is 11.6 Å². The summed E-state index contributed by atoms with van der Waals surface area (Å²) < 4.78 is 46.2. The molecule has 1 amide bonds. The highest BCUT2D eigenvalue weighted by Crippen LogP contribution is 2.47. The fourth-order valence-electron chi connectivity index (χ4n) is 3.36. The maximum atomic E-state index is 13.7. The first-order chi connectivity index (χ1) is 11.8. The zero-order valence-electron chi connectivity index (χ0n) is 13.5. The van der Waals surface area contributed by atoms with Crippen LogP contribution in [0.25, 0.3) is 0 Å². The first-order valence-electron chi connectivity index (χ1n) is 8.21. The van der Waals surface area contributed by atoms with Gasteiger partial charge >= 0.3 is 6.18 Å². The Morgan fingerprint density at radius 1 is 1.28 bits per heavy atom. The smallest absolute Gasteiger partial charge is 0.439 e. The average Bonchev–Trinajstić information content (AvgIpc) is 2.74. The van der Waals surface area contributed by atoms with E-state index in [9.17, 15) is 23.1 Å². The third-order valence-corrected chi connectivity index (χ3v) is 4.62. The van der Waals surface area contributed by atoms with Crippen LogP contribution in [0, 0.1) is 5.92 Å². The van der Waals surface area contributed by atoms with E-state index in [1.54, 1.807) is 30.3 Å². The van der Waals surface area contributed by atoms with Crippen molar-refractivity contribution < 1.29 is 27.8 Å². The summed E-state index contributed by atoms with van der Waals surface area (Å²) in [4.78, 5) is 12.3. The van der Waals surface area contributed by atoms with Gasteiger partial charge in [0.2, 0.25) is 0 Å². The van der Waals surface area contributed by atoms with Crippen molar-refractivity contribution in [2.45, 2.75) is 44.0 Å². The summed E-state index contributed by atoms with van der Waals surface area (Å²) in [6.07, 6.45) is -2.45. The number of amides is 1. The molecule has 0 radical (unpaired) electrons. The molecule has 8 heteroatoms. The zero-order valence-corrected chi connectivity index (χ0v) is 13.5. The Bertz CT molecular complexity index is 663. The number of hydrazone groups is 1. The van der Waals surface area contributed by atoms with Crippen LogP contribution in [0.4, 0.5) is 13.2 Å². The van der Waals surface area contributed by atoms with Crippen LogP contribution < -0.4 is 4.74 Å². The third-order valence-electron chi connectivity index (χ3n) is 4.62. The standard InChI is InChI=1S/C17H19F3N2O3/c18-17(19,20)16(24)13-9-5-2-6-10-14(13)21-22(16)15(23)11-25-12-7-3-1-4-8-12/h1,3-4,7-8,13,24H,2,5-6,9-11H2/t13-,16-/m0/s1. The number of nitrogens with zero attached hydrogens (tertiary/aromatic N) is 2. The molecule has 1 fully saturated rings. The lowest BCUT2D eigenvalue weighted by molar-refractivity contribution is -0.317. The largest absolute Gasteiger partial charge is 0.484 e. The molecule has 3 rings (SSSR count). The van der Waals surface area contributed by atoms with Crippen LogP contribution in [-0.4, -0.2) is 40.2 Å². The molecule has 1 aliphatic carbocycles. The Hall–Kier alpha value is -2.09. The third kappa shape index (κ3) is 3.22. The van der Waals surface area contributed by atoms with Gasteiger partial charge in [0.25, 0.3) is 11.6 Å². The number of ether oxygens (including phenoxy) is 1. The van der Waals surface area contributed by atoms with E-state index < -0.39 is 30.3 Å². The Kier molecular flexibility index (Phi) is 4.73. The molecule has 0 saturated heterocycles. The van der Waals surface area contributed by atoms with E-state index in [1.807, 2.05) is 0 Å². The van der Waals surface area contributed by atoms with Crippen molar-refractivity contribution in [2.24, 2.45) is 11.0 Å². The number of para-hydroxylation sites is 1. The van der Waals surface area contributed by atoms with E-state index in [4.69, 9.17) is 4.74 Å². The Labute approximate surface area is 143 Å². The summed E-state index contributed by atoms with van der Waals surface area (Å²) in [7, 11) is 0. The van der Waals surface area contributed by atoms with Crippen molar-refractivity contribution in [1.82, 2.24) is 5.01 Å². The monoisotopic (exact) mass is 356 g/mol. The minimum Gasteiger partial charge on any atom is -0.484 e. The van der Waals surface area contributed by atoms with Gasteiger partial charge in [-0.25, -0.2) is 0 Å². The zero-order chi connectivity index (χ0) is 18.1. The number of hydrogen-bond donors (Lipinski definition) is 1. The number of rotatable bonds is 3. The summed E-state index contributed by atoms with van der Waals surface area (Å²) >= 11 is 0. The maximum Gasteiger partial charge on any atom is 0.439 e. The first kappa shape index (κ1) is 17.7. The number of hydrogen-bond acceptors (Lipinski definition) is 4. The van der Waals surface area contributed by atoms with Crippen molar-refractivity contribution in [3.8, 4) is 5.75 Å². The van der Waals surface area contributed by atoms with Crippen molar-refractivity contribution in [1.29, 1.82) is 0 Å². The van der Waals surface area contributed by atoms with Gasteiger partial charge in [-0.3, -0.25) is 4.79 Å². The molecule has 1 saturated carbocycles. The van der Waals surface area contributed by atoms with Gasteiger partial charge in [-0.15, -0.1) is 0 Å². The van der Waals surface area contributed by atoms with E-state index in [1.165, 1.54) is 0 Å². The van der Waals surface area contributed by atoms with Crippen LogP contribution in [0.2, 0.25) is 0 Å². The van der Waals surface area contributed by atoms with Gasteiger partial charge in [0.15, 0.2) is 6.61 Å². The van der Waals surface area contributed by atoms with Crippen LogP contribution >= 0.6 is 0 Å². The number of carbonyl (C=O) groups is 1. The fraction of sp³-hybridized carbons (Fsp3) is 0.529. The van der Waals surface area contributed by atoms with Gasteiger partial charge in [-0.05, 0) is 31.4 Å². The summed E-state index contributed by atoms with van der Waals surface area (Å²) in [5.74, 6) is -1.88. The lowest BCUT2D eigenvalue weighted by atomic mass is 9.87. The number of alkyl halides is 3. The second kappa shape index (κ2) is 6.67. The van der Waals surface area contributed by atoms with Crippen LogP contribution in [0.1, 0.15) is 32.1 Å². The second-order valence-electron chi connectivity index (χ2n) is 6.27. The lowest BCUT2D eigenvalue weighted by Crippen LogP contribution is -2.61. The van der Waals surface area contributed by atoms with Crippen LogP contribution in [0.5, 0.6) is 5.75 Å². The predicted octanol–water partition coefficient (Wildman–Crippen LogP) is 3.09. The van der Waals surface area contributed by atoms with E-state index >= 15 is 0 Å².